The molecule has 0 saturated heterocycles. The minimum absolute atomic E-state index is 0.409. The molecule has 0 unspecified atom stereocenters. The first-order valence-corrected chi connectivity index (χ1v) is 7.02. The summed E-state index contributed by atoms with van der Waals surface area (Å²) in [6, 6.07) is 9.02. The van der Waals surface area contributed by atoms with Gasteiger partial charge < -0.3 is 14.5 Å². The molecule has 23 heavy (non-hydrogen) atoms. The van der Waals surface area contributed by atoms with Gasteiger partial charge in [-0.1, -0.05) is 23.3 Å². The standard InChI is InChI=1S/C15H13N5O3/c1-8-12(14(21)22-2)13(16-15-17-18-19-20(8)15)11-7-9-5-3-4-6-10(9)23-11/h3-7,13H,1-2H3,(H,16,17,19)/t13-/m0/s1. The molecule has 0 saturated carbocycles. The summed E-state index contributed by atoms with van der Waals surface area (Å²) in [6.07, 6.45) is 0. The van der Waals surface area contributed by atoms with Crippen molar-refractivity contribution in [3.8, 4) is 0 Å². The molecule has 0 spiro atoms. The predicted octanol–water partition coefficient (Wildman–Crippen LogP) is 1.99. The van der Waals surface area contributed by atoms with Gasteiger partial charge in [-0.05, 0) is 29.5 Å². The van der Waals surface area contributed by atoms with Crippen molar-refractivity contribution in [2.45, 2.75) is 13.0 Å². The van der Waals surface area contributed by atoms with Gasteiger partial charge in [0.05, 0.1) is 18.4 Å². The van der Waals surface area contributed by atoms with E-state index in [9.17, 15) is 4.79 Å². The summed E-state index contributed by atoms with van der Waals surface area (Å²) in [7, 11) is 1.34. The summed E-state index contributed by atoms with van der Waals surface area (Å²) in [5, 5.41) is 15.5. The van der Waals surface area contributed by atoms with E-state index in [1.807, 2.05) is 30.3 Å². The van der Waals surface area contributed by atoms with E-state index in [2.05, 4.69) is 20.8 Å². The Morgan fingerprint density at radius 3 is 3.00 bits per heavy atom. The number of esters is 1. The van der Waals surface area contributed by atoms with Gasteiger partial charge in [0, 0.05) is 5.39 Å². The molecule has 1 atom stereocenters. The molecule has 3 heterocycles. The number of nitrogens with one attached hydrogen (secondary N) is 1. The molecule has 1 aliphatic heterocycles. The summed E-state index contributed by atoms with van der Waals surface area (Å²) >= 11 is 0. The Labute approximate surface area is 130 Å². The molecule has 4 rings (SSSR count). The van der Waals surface area contributed by atoms with Crippen molar-refractivity contribution in [1.82, 2.24) is 20.2 Å². The van der Waals surface area contributed by atoms with Crippen LogP contribution in [0, 0.1) is 0 Å². The van der Waals surface area contributed by atoms with Gasteiger partial charge in [0.2, 0.25) is 5.95 Å². The van der Waals surface area contributed by atoms with Crippen molar-refractivity contribution >= 4 is 28.6 Å². The molecule has 0 fully saturated rings. The van der Waals surface area contributed by atoms with Gasteiger partial charge in [-0.15, -0.1) is 0 Å². The van der Waals surface area contributed by atoms with Crippen LogP contribution in [0.5, 0.6) is 0 Å². The van der Waals surface area contributed by atoms with Crippen molar-refractivity contribution in [3.05, 3.63) is 41.7 Å². The topological polar surface area (TPSA) is 95.1 Å². The van der Waals surface area contributed by atoms with E-state index in [1.165, 1.54) is 11.8 Å². The summed E-state index contributed by atoms with van der Waals surface area (Å²) in [5.74, 6) is 0.586. The number of allylic oxidation sites excluding steroid dienone is 1. The van der Waals surface area contributed by atoms with Crippen LogP contribution in [0.1, 0.15) is 18.7 Å². The number of carbonyl (C=O) groups excluding carboxylic acids is 1. The van der Waals surface area contributed by atoms with Crippen molar-refractivity contribution in [1.29, 1.82) is 0 Å². The fourth-order valence-electron chi connectivity index (χ4n) is 2.76. The van der Waals surface area contributed by atoms with Gasteiger partial charge >= 0.3 is 5.97 Å². The van der Waals surface area contributed by atoms with E-state index >= 15 is 0 Å². The molecule has 1 N–H and O–H groups in total. The average molecular weight is 311 g/mol. The monoisotopic (exact) mass is 311 g/mol. The van der Waals surface area contributed by atoms with Gasteiger partial charge in [-0.3, -0.25) is 0 Å². The molecule has 2 aromatic heterocycles. The molecular weight excluding hydrogens is 298 g/mol. The lowest BCUT2D eigenvalue weighted by atomic mass is 10.0. The molecule has 8 nitrogen and oxygen atoms in total. The third-order valence-electron chi connectivity index (χ3n) is 3.87. The fourth-order valence-corrected chi connectivity index (χ4v) is 2.76. The largest absolute Gasteiger partial charge is 0.466 e. The molecule has 8 heteroatoms. The lowest BCUT2D eigenvalue weighted by Gasteiger charge is -2.25. The lowest BCUT2D eigenvalue weighted by molar-refractivity contribution is -0.136. The molecule has 0 aliphatic carbocycles. The Balaban J connectivity index is 1.89. The number of benzene rings is 1. The number of carbonyl (C=O) groups is 1. The minimum Gasteiger partial charge on any atom is -0.466 e. The van der Waals surface area contributed by atoms with Crippen molar-refractivity contribution in [2.75, 3.05) is 12.4 Å². The van der Waals surface area contributed by atoms with Crippen molar-refractivity contribution < 1.29 is 13.9 Å². The fraction of sp³-hybridized carbons (Fsp3) is 0.200. The second-order valence-corrected chi connectivity index (χ2v) is 5.17. The third kappa shape index (κ3) is 1.99. The van der Waals surface area contributed by atoms with Crippen LogP contribution in [-0.4, -0.2) is 33.3 Å². The third-order valence-corrected chi connectivity index (χ3v) is 3.87. The summed E-state index contributed by atoms with van der Waals surface area (Å²) in [6.45, 7) is 1.77. The van der Waals surface area contributed by atoms with Crippen LogP contribution in [0.25, 0.3) is 16.7 Å². The minimum atomic E-state index is -0.520. The maximum absolute atomic E-state index is 12.3. The smallest absolute Gasteiger partial charge is 0.338 e. The molecule has 3 aromatic rings. The molecule has 1 aromatic carbocycles. The first kappa shape index (κ1) is 13.5. The highest BCUT2D eigenvalue weighted by Crippen LogP contribution is 2.37. The number of nitrogens with zero attached hydrogens (tertiary/aromatic N) is 4. The summed E-state index contributed by atoms with van der Waals surface area (Å²) < 4.78 is 12.3. The Bertz CT molecular complexity index is 906. The van der Waals surface area contributed by atoms with Crippen LogP contribution in [0.3, 0.4) is 0 Å². The zero-order valence-corrected chi connectivity index (χ0v) is 12.5. The Kier molecular flexibility index (Phi) is 2.90. The average Bonchev–Trinajstić information content (AvgIpc) is 3.20. The molecule has 116 valence electrons. The maximum Gasteiger partial charge on any atom is 0.338 e. The maximum atomic E-state index is 12.3. The van der Waals surface area contributed by atoms with E-state index in [0.717, 1.165) is 11.0 Å². The van der Waals surface area contributed by atoms with E-state index in [1.54, 1.807) is 6.92 Å². The highest BCUT2D eigenvalue weighted by Gasteiger charge is 2.35. The highest BCUT2D eigenvalue weighted by atomic mass is 16.5. The van der Waals surface area contributed by atoms with Crippen LogP contribution in [0.15, 0.2) is 40.3 Å². The van der Waals surface area contributed by atoms with Gasteiger partial charge in [0.25, 0.3) is 0 Å². The van der Waals surface area contributed by atoms with Crippen molar-refractivity contribution in [2.24, 2.45) is 0 Å². The Morgan fingerprint density at radius 1 is 1.39 bits per heavy atom. The quantitative estimate of drug-likeness (QED) is 0.723. The van der Waals surface area contributed by atoms with Gasteiger partial charge in [-0.25, -0.2) is 4.79 Å². The number of ether oxygens (including phenoxy) is 1. The summed E-state index contributed by atoms with van der Waals surface area (Å²) in [5.41, 5.74) is 1.75. The van der Waals surface area contributed by atoms with Gasteiger partial charge in [0.1, 0.15) is 17.4 Å². The van der Waals surface area contributed by atoms with Crippen LogP contribution in [0.4, 0.5) is 5.95 Å². The molecule has 0 amide bonds. The number of furan rings is 1. The van der Waals surface area contributed by atoms with Crippen LogP contribution >= 0.6 is 0 Å². The van der Waals surface area contributed by atoms with E-state index in [4.69, 9.17) is 9.15 Å². The van der Waals surface area contributed by atoms with Crippen LogP contribution in [0.2, 0.25) is 0 Å². The number of hydrogen-bond acceptors (Lipinski definition) is 7. The lowest BCUT2D eigenvalue weighted by Crippen LogP contribution is -2.28. The number of methoxy groups -OCH3 is 1. The SMILES string of the molecule is COC(=O)C1=C(C)n2nnnc2N[C@H]1c1cc2ccccc2o1. The summed E-state index contributed by atoms with van der Waals surface area (Å²) in [4.78, 5) is 12.3. The Hall–Kier alpha value is -3.16. The van der Waals surface area contributed by atoms with E-state index in [0.29, 0.717) is 23.0 Å². The predicted molar refractivity (Wildman–Crippen MR) is 81.3 cm³/mol. The number of para-hydroxylation sites is 1. The zero-order chi connectivity index (χ0) is 16.0. The highest BCUT2D eigenvalue weighted by molar-refractivity contribution is 5.97. The second kappa shape index (κ2) is 4.94. The molecule has 1 aliphatic rings. The van der Waals surface area contributed by atoms with Crippen LogP contribution in [-0.2, 0) is 9.53 Å². The van der Waals surface area contributed by atoms with Crippen molar-refractivity contribution in [3.63, 3.8) is 0 Å². The number of fused-ring (bicyclic) bond motifs is 2. The number of anilines is 1. The number of tetrazole rings is 1. The van der Waals surface area contributed by atoms with Gasteiger partial charge in [0.15, 0.2) is 0 Å². The van der Waals surface area contributed by atoms with Gasteiger partial charge in [-0.2, -0.15) is 4.68 Å². The molecule has 0 bridgehead atoms. The number of rotatable bonds is 2. The van der Waals surface area contributed by atoms with E-state index < -0.39 is 12.0 Å². The number of aromatic nitrogens is 4. The normalized spacial score (nSPS) is 17.0. The van der Waals surface area contributed by atoms with E-state index in [-0.39, 0.29) is 0 Å². The zero-order valence-electron chi connectivity index (χ0n) is 12.5. The Morgan fingerprint density at radius 2 is 2.22 bits per heavy atom. The number of hydrogen-bond donors (Lipinski definition) is 1. The molecular formula is C15H13N5O3. The first-order chi connectivity index (χ1) is 11.2. The first-order valence-electron chi connectivity index (χ1n) is 7.02. The molecule has 0 radical (unpaired) electrons. The van der Waals surface area contributed by atoms with Crippen LogP contribution < -0.4 is 5.32 Å². The second-order valence-electron chi connectivity index (χ2n) is 5.17.